The smallest absolute Gasteiger partial charge is 0.147 e. The van der Waals surface area contributed by atoms with Crippen LogP contribution in [0.3, 0.4) is 0 Å². The van der Waals surface area contributed by atoms with Crippen molar-refractivity contribution in [2.45, 2.75) is 0 Å². The number of benzene rings is 2. The highest BCUT2D eigenvalue weighted by molar-refractivity contribution is 9.10. The Morgan fingerprint density at radius 3 is 2.75 bits per heavy atom. The minimum atomic E-state index is 0.550. The molecule has 0 saturated carbocycles. The first-order chi connectivity index (χ1) is 9.63. The molecular formula is C15H10BrClN2O. The number of nitrogen functional groups attached to an aromatic ring is 1. The predicted molar refractivity (Wildman–Crippen MR) is 85.4 cm³/mol. The Hall–Kier alpha value is -1.78. The number of ether oxygens (including phenoxy) is 1. The van der Waals surface area contributed by atoms with Crippen molar-refractivity contribution >= 4 is 44.1 Å². The number of nitrogens with two attached hydrogens (primary N) is 1. The van der Waals surface area contributed by atoms with Gasteiger partial charge in [0.15, 0.2) is 0 Å². The molecule has 0 fully saturated rings. The number of fused-ring (bicyclic) bond motifs is 1. The minimum absolute atomic E-state index is 0.550. The number of rotatable bonds is 2. The molecule has 5 heteroatoms. The Labute approximate surface area is 129 Å². The van der Waals surface area contributed by atoms with Crippen LogP contribution in [0.15, 0.2) is 53.1 Å². The topological polar surface area (TPSA) is 48.1 Å². The van der Waals surface area contributed by atoms with E-state index in [-0.39, 0.29) is 0 Å². The number of nitrogens with zero attached hydrogens (tertiary/aromatic N) is 1. The number of hydrogen-bond donors (Lipinski definition) is 1. The molecule has 0 aliphatic heterocycles. The molecule has 100 valence electrons. The average Bonchev–Trinajstić information content (AvgIpc) is 2.43. The third kappa shape index (κ3) is 2.57. The van der Waals surface area contributed by atoms with Crippen molar-refractivity contribution in [3.8, 4) is 11.5 Å². The second-order valence-corrected chi connectivity index (χ2v) is 5.59. The summed E-state index contributed by atoms with van der Waals surface area (Å²) in [6, 6.07) is 12.8. The number of aromatic nitrogens is 1. The molecule has 0 spiro atoms. The van der Waals surface area contributed by atoms with E-state index in [1.807, 2.05) is 30.3 Å². The number of halogens is 2. The molecule has 0 aliphatic carbocycles. The molecule has 1 heterocycles. The SMILES string of the molecule is Nc1ccc2c(Oc3cc(Br)ccc3Cl)ccnc2c1. The molecular weight excluding hydrogens is 340 g/mol. The summed E-state index contributed by atoms with van der Waals surface area (Å²) >= 11 is 9.54. The van der Waals surface area contributed by atoms with Gasteiger partial charge in [-0.2, -0.15) is 0 Å². The number of hydrogen-bond acceptors (Lipinski definition) is 3. The minimum Gasteiger partial charge on any atom is -0.455 e. The van der Waals surface area contributed by atoms with Gasteiger partial charge in [-0.25, -0.2) is 0 Å². The zero-order valence-electron chi connectivity index (χ0n) is 10.3. The van der Waals surface area contributed by atoms with Crippen molar-refractivity contribution in [2.75, 3.05) is 5.73 Å². The third-order valence-electron chi connectivity index (χ3n) is 2.84. The van der Waals surface area contributed by atoms with E-state index in [1.54, 1.807) is 18.3 Å². The number of anilines is 1. The highest BCUT2D eigenvalue weighted by Gasteiger charge is 2.08. The van der Waals surface area contributed by atoms with Crippen molar-refractivity contribution in [1.29, 1.82) is 0 Å². The van der Waals surface area contributed by atoms with E-state index in [1.165, 1.54) is 0 Å². The van der Waals surface area contributed by atoms with E-state index in [0.29, 0.717) is 22.2 Å². The van der Waals surface area contributed by atoms with Crippen molar-refractivity contribution < 1.29 is 4.74 Å². The van der Waals surface area contributed by atoms with Crippen LogP contribution in [0.1, 0.15) is 0 Å². The molecule has 0 unspecified atom stereocenters. The molecule has 20 heavy (non-hydrogen) atoms. The normalized spacial score (nSPS) is 10.7. The maximum Gasteiger partial charge on any atom is 0.147 e. The van der Waals surface area contributed by atoms with Crippen molar-refractivity contribution in [3.05, 3.63) is 58.2 Å². The predicted octanol–water partition coefficient (Wildman–Crippen LogP) is 5.03. The Bertz CT molecular complexity index is 792. The lowest BCUT2D eigenvalue weighted by molar-refractivity contribution is 0.488. The quantitative estimate of drug-likeness (QED) is 0.660. The summed E-state index contributed by atoms with van der Waals surface area (Å²) < 4.78 is 6.80. The highest BCUT2D eigenvalue weighted by atomic mass is 79.9. The van der Waals surface area contributed by atoms with Crippen LogP contribution >= 0.6 is 27.5 Å². The van der Waals surface area contributed by atoms with Gasteiger partial charge in [0.05, 0.1) is 10.5 Å². The van der Waals surface area contributed by atoms with Crippen molar-refractivity contribution in [2.24, 2.45) is 0 Å². The molecule has 0 bridgehead atoms. The molecule has 0 amide bonds. The molecule has 0 atom stereocenters. The van der Waals surface area contributed by atoms with E-state index >= 15 is 0 Å². The third-order valence-corrected chi connectivity index (χ3v) is 3.65. The van der Waals surface area contributed by atoms with Crippen LogP contribution in [-0.4, -0.2) is 4.98 Å². The van der Waals surface area contributed by atoms with Crippen molar-refractivity contribution in [1.82, 2.24) is 4.98 Å². The zero-order chi connectivity index (χ0) is 14.1. The summed E-state index contributed by atoms with van der Waals surface area (Å²) in [5.74, 6) is 1.28. The summed E-state index contributed by atoms with van der Waals surface area (Å²) in [5.41, 5.74) is 7.22. The van der Waals surface area contributed by atoms with E-state index in [0.717, 1.165) is 15.4 Å². The largest absolute Gasteiger partial charge is 0.455 e. The van der Waals surface area contributed by atoms with Gasteiger partial charge >= 0.3 is 0 Å². The molecule has 2 N–H and O–H groups in total. The molecule has 1 aromatic heterocycles. The molecule has 0 saturated heterocycles. The Morgan fingerprint density at radius 2 is 1.90 bits per heavy atom. The monoisotopic (exact) mass is 348 g/mol. The lowest BCUT2D eigenvalue weighted by Crippen LogP contribution is -1.90. The lowest BCUT2D eigenvalue weighted by atomic mass is 10.2. The first kappa shape index (κ1) is 13.2. The van der Waals surface area contributed by atoms with Crippen molar-refractivity contribution in [3.63, 3.8) is 0 Å². The van der Waals surface area contributed by atoms with Crippen LogP contribution in [0.4, 0.5) is 5.69 Å². The number of pyridine rings is 1. The summed E-state index contributed by atoms with van der Waals surface area (Å²) in [5, 5.41) is 1.44. The molecule has 3 aromatic rings. The molecule has 3 rings (SSSR count). The van der Waals surface area contributed by atoms with Gasteiger partial charge in [-0.1, -0.05) is 27.5 Å². The van der Waals surface area contributed by atoms with Gasteiger partial charge in [-0.05, 0) is 42.5 Å². The second kappa shape index (κ2) is 5.31. The van der Waals surface area contributed by atoms with Gasteiger partial charge < -0.3 is 10.5 Å². The Morgan fingerprint density at radius 1 is 1.05 bits per heavy atom. The summed E-state index contributed by atoms with van der Waals surface area (Å²) in [6.07, 6.45) is 1.68. The first-order valence-corrected chi connectivity index (χ1v) is 7.08. The van der Waals surface area contributed by atoms with Crippen LogP contribution in [0, 0.1) is 0 Å². The van der Waals surface area contributed by atoms with E-state index < -0.39 is 0 Å². The summed E-state index contributed by atoms with van der Waals surface area (Å²) in [7, 11) is 0. The van der Waals surface area contributed by atoms with Gasteiger partial charge in [-0.3, -0.25) is 4.98 Å². The molecule has 0 aliphatic rings. The Kier molecular flexibility index (Phi) is 3.51. The van der Waals surface area contributed by atoms with Crippen LogP contribution in [-0.2, 0) is 0 Å². The van der Waals surface area contributed by atoms with Gasteiger partial charge in [0, 0.05) is 21.7 Å². The van der Waals surface area contributed by atoms with E-state index in [4.69, 9.17) is 22.1 Å². The fourth-order valence-electron chi connectivity index (χ4n) is 1.90. The van der Waals surface area contributed by atoms with Gasteiger partial charge in [0.2, 0.25) is 0 Å². The molecule has 3 nitrogen and oxygen atoms in total. The second-order valence-electron chi connectivity index (χ2n) is 4.26. The standard InChI is InChI=1S/C15H10BrClN2O/c16-9-1-4-12(17)15(7-9)20-14-5-6-19-13-8-10(18)2-3-11(13)14/h1-8H,18H2. The van der Waals surface area contributed by atoms with Crippen LogP contribution in [0.25, 0.3) is 10.9 Å². The summed E-state index contributed by atoms with van der Waals surface area (Å²) in [6.45, 7) is 0. The van der Waals surface area contributed by atoms with Gasteiger partial charge in [-0.15, -0.1) is 0 Å². The fraction of sp³-hybridized carbons (Fsp3) is 0. The van der Waals surface area contributed by atoms with Gasteiger partial charge in [0.25, 0.3) is 0 Å². The molecule has 0 radical (unpaired) electrons. The highest BCUT2D eigenvalue weighted by Crippen LogP contribution is 2.35. The maximum absolute atomic E-state index is 6.14. The van der Waals surface area contributed by atoms with Crippen LogP contribution in [0.5, 0.6) is 11.5 Å². The average molecular weight is 350 g/mol. The Balaban J connectivity index is 2.09. The van der Waals surface area contributed by atoms with Crippen LogP contribution in [0.2, 0.25) is 5.02 Å². The first-order valence-electron chi connectivity index (χ1n) is 5.90. The molecule has 2 aromatic carbocycles. The lowest BCUT2D eigenvalue weighted by Gasteiger charge is -2.10. The summed E-state index contributed by atoms with van der Waals surface area (Å²) in [4.78, 5) is 4.28. The fourth-order valence-corrected chi connectivity index (χ4v) is 2.40. The van der Waals surface area contributed by atoms with E-state index in [2.05, 4.69) is 20.9 Å². The van der Waals surface area contributed by atoms with Crippen LogP contribution < -0.4 is 10.5 Å². The maximum atomic E-state index is 6.14. The zero-order valence-corrected chi connectivity index (χ0v) is 12.6. The van der Waals surface area contributed by atoms with Gasteiger partial charge in [0.1, 0.15) is 11.5 Å². The van der Waals surface area contributed by atoms with E-state index in [9.17, 15) is 0 Å².